The zero-order valence-electron chi connectivity index (χ0n) is 9.16. The van der Waals surface area contributed by atoms with Gasteiger partial charge < -0.3 is 9.67 Å². The standard InChI is InChI=1S/C11H16N2O2/c1-7-3-4-9-8(2)12-10(5-11(14)15)13(9)6-7/h7H,3-6H2,1-2H3,(H,14,15). The van der Waals surface area contributed by atoms with E-state index in [1.165, 1.54) is 12.1 Å². The smallest absolute Gasteiger partial charge is 0.311 e. The third-order valence-electron chi connectivity index (χ3n) is 3.03. The van der Waals surface area contributed by atoms with E-state index in [2.05, 4.69) is 16.5 Å². The van der Waals surface area contributed by atoms with Gasteiger partial charge in [-0.05, 0) is 25.7 Å². The molecular formula is C11H16N2O2. The van der Waals surface area contributed by atoms with Crippen molar-refractivity contribution in [1.29, 1.82) is 0 Å². The fourth-order valence-corrected chi connectivity index (χ4v) is 2.26. The molecule has 0 spiro atoms. The van der Waals surface area contributed by atoms with Crippen molar-refractivity contribution in [3.8, 4) is 0 Å². The number of carbonyl (C=O) groups is 1. The van der Waals surface area contributed by atoms with E-state index in [4.69, 9.17) is 5.11 Å². The van der Waals surface area contributed by atoms with Crippen molar-refractivity contribution >= 4 is 5.97 Å². The van der Waals surface area contributed by atoms with Crippen LogP contribution in [0, 0.1) is 12.8 Å². The first-order valence-electron chi connectivity index (χ1n) is 5.34. The Hall–Kier alpha value is -1.32. The number of imidazole rings is 1. The molecule has 0 saturated heterocycles. The summed E-state index contributed by atoms with van der Waals surface area (Å²) in [7, 11) is 0. The maximum Gasteiger partial charge on any atom is 0.311 e. The van der Waals surface area contributed by atoms with E-state index in [0.717, 1.165) is 18.7 Å². The summed E-state index contributed by atoms with van der Waals surface area (Å²) in [5.41, 5.74) is 2.22. The number of carboxylic acids is 1. The zero-order chi connectivity index (χ0) is 11.0. The Morgan fingerprint density at radius 1 is 1.67 bits per heavy atom. The summed E-state index contributed by atoms with van der Waals surface area (Å²) in [6.07, 6.45) is 2.24. The molecule has 0 radical (unpaired) electrons. The monoisotopic (exact) mass is 208 g/mol. The minimum absolute atomic E-state index is 0.0353. The van der Waals surface area contributed by atoms with Crippen molar-refractivity contribution in [1.82, 2.24) is 9.55 Å². The van der Waals surface area contributed by atoms with Gasteiger partial charge >= 0.3 is 5.97 Å². The lowest BCUT2D eigenvalue weighted by molar-refractivity contribution is -0.136. The molecule has 1 aromatic heterocycles. The number of hydrogen-bond acceptors (Lipinski definition) is 2. The fraction of sp³-hybridized carbons (Fsp3) is 0.636. The molecule has 1 aliphatic heterocycles. The normalized spacial score (nSPS) is 20.0. The Morgan fingerprint density at radius 3 is 3.07 bits per heavy atom. The highest BCUT2D eigenvalue weighted by molar-refractivity contribution is 5.69. The molecule has 0 amide bonds. The molecule has 1 unspecified atom stereocenters. The van der Waals surface area contributed by atoms with Gasteiger partial charge in [-0.2, -0.15) is 0 Å². The second-order valence-electron chi connectivity index (χ2n) is 4.39. The van der Waals surface area contributed by atoms with Gasteiger partial charge in [0.1, 0.15) is 12.2 Å². The highest BCUT2D eigenvalue weighted by Crippen LogP contribution is 2.24. The summed E-state index contributed by atoms with van der Waals surface area (Å²) >= 11 is 0. The Balaban J connectivity index is 2.36. The molecule has 82 valence electrons. The summed E-state index contributed by atoms with van der Waals surface area (Å²) in [5.74, 6) is 0.529. The topological polar surface area (TPSA) is 55.1 Å². The van der Waals surface area contributed by atoms with Crippen molar-refractivity contribution in [2.75, 3.05) is 0 Å². The largest absolute Gasteiger partial charge is 0.481 e. The highest BCUT2D eigenvalue weighted by Gasteiger charge is 2.22. The number of aromatic nitrogens is 2. The van der Waals surface area contributed by atoms with E-state index in [1.54, 1.807) is 0 Å². The maximum atomic E-state index is 10.7. The minimum atomic E-state index is -0.805. The van der Waals surface area contributed by atoms with Crippen LogP contribution in [0.15, 0.2) is 0 Å². The van der Waals surface area contributed by atoms with Gasteiger partial charge in [-0.1, -0.05) is 6.92 Å². The van der Waals surface area contributed by atoms with E-state index in [1.807, 2.05) is 6.92 Å². The summed E-state index contributed by atoms with van der Waals surface area (Å²) in [5, 5.41) is 8.79. The third kappa shape index (κ3) is 1.89. The number of aliphatic carboxylic acids is 1. The summed E-state index contributed by atoms with van der Waals surface area (Å²) < 4.78 is 2.09. The predicted octanol–water partition coefficient (Wildman–Crippen LogP) is 1.40. The first-order valence-corrected chi connectivity index (χ1v) is 5.34. The fourth-order valence-electron chi connectivity index (χ4n) is 2.26. The molecule has 0 saturated carbocycles. The van der Waals surface area contributed by atoms with Gasteiger partial charge in [0.2, 0.25) is 0 Å². The van der Waals surface area contributed by atoms with Crippen molar-refractivity contribution in [2.45, 2.75) is 39.7 Å². The Kier molecular flexibility index (Phi) is 2.50. The van der Waals surface area contributed by atoms with Crippen LogP contribution in [0.25, 0.3) is 0 Å². The minimum Gasteiger partial charge on any atom is -0.481 e. The molecule has 1 N–H and O–H groups in total. The maximum absolute atomic E-state index is 10.7. The predicted molar refractivity (Wildman–Crippen MR) is 55.8 cm³/mol. The molecule has 4 heteroatoms. The first kappa shape index (κ1) is 10.2. The molecule has 2 rings (SSSR count). The number of carboxylic acid groups (broad SMARTS) is 1. The second-order valence-corrected chi connectivity index (χ2v) is 4.39. The van der Waals surface area contributed by atoms with E-state index in [0.29, 0.717) is 11.7 Å². The number of aryl methyl sites for hydroxylation is 1. The van der Waals surface area contributed by atoms with Crippen molar-refractivity contribution in [2.24, 2.45) is 5.92 Å². The Labute approximate surface area is 88.9 Å². The van der Waals surface area contributed by atoms with E-state index in [-0.39, 0.29) is 6.42 Å². The molecule has 1 aliphatic rings. The van der Waals surface area contributed by atoms with E-state index >= 15 is 0 Å². The summed E-state index contributed by atoms with van der Waals surface area (Å²) in [6, 6.07) is 0. The molecule has 0 fully saturated rings. The van der Waals surface area contributed by atoms with Crippen molar-refractivity contribution < 1.29 is 9.90 Å². The number of hydrogen-bond donors (Lipinski definition) is 1. The lowest BCUT2D eigenvalue weighted by Gasteiger charge is -2.22. The van der Waals surface area contributed by atoms with E-state index in [9.17, 15) is 4.79 Å². The number of nitrogens with zero attached hydrogens (tertiary/aromatic N) is 2. The van der Waals surface area contributed by atoms with Crippen LogP contribution in [0.5, 0.6) is 0 Å². The van der Waals surface area contributed by atoms with Gasteiger partial charge in [0.05, 0.1) is 5.69 Å². The molecule has 2 heterocycles. The first-order chi connectivity index (χ1) is 7.08. The van der Waals surface area contributed by atoms with Gasteiger partial charge in [-0.3, -0.25) is 4.79 Å². The molecule has 15 heavy (non-hydrogen) atoms. The van der Waals surface area contributed by atoms with Gasteiger partial charge in [-0.15, -0.1) is 0 Å². The molecule has 0 aromatic carbocycles. The molecule has 1 aromatic rings. The second kappa shape index (κ2) is 3.68. The Bertz CT molecular complexity index is 396. The average molecular weight is 208 g/mol. The molecule has 0 aliphatic carbocycles. The molecular weight excluding hydrogens is 192 g/mol. The lowest BCUT2D eigenvalue weighted by Crippen LogP contribution is -2.21. The molecule has 1 atom stereocenters. The van der Waals surface area contributed by atoms with Crippen LogP contribution >= 0.6 is 0 Å². The van der Waals surface area contributed by atoms with Gasteiger partial charge in [0.25, 0.3) is 0 Å². The van der Waals surface area contributed by atoms with E-state index < -0.39 is 5.97 Å². The summed E-state index contributed by atoms with van der Waals surface area (Å²) in [4.78, 5) is 15.0. The zero-order valence-corrected chi connectivity index (χ0v) is 9.16. The summed E-state index contributed by atoms with van der Waals surface area (Å²) in [6.45, 7) is 5.08. The average Bonchev–Trinajstić information content (AvgIpc) is 2.42. The van der Waals surface area contributed by atoms with Crippen LogP contribution in [0.4, 0.5) is 0 Å². The number of rotatable bonds is 2. The Morgan fingerprint density at radius 2 is 2.40 bits per heavy atom. The molecule has 0 bridgehead atoms. The van der Waals surface area contributed by atoms with Gasteiger partial charge in [0.15, 0.2) is 0 Å². The van der Waals surface area contributed by atoms with Crippen LogP contribution in [0.3, 0.4) is 0 Å². The van der Waals surface area contributed by atoms with Gasteiger partial charge in [-0.25, -0.2) is 4.98 Å². The van der Waals surface area contributed by atoms with Crippen LogP contribution in [-0.4, -0.2) is 20.6 Å². The van der Waals surface area contributed by atoms with Crippen molar-refractivity contribution in [3.05, 3.63) is 17.2 Å². The number of fused-ring (bicyclic) bond motifs is 1. The quantitative estimate of drug-likeness (QED) is 0.799. The van der Waals surface area contributed by atoms with Crippen LogP contribution in [0.2, 0.25) is 0 Å². The van der Waals surface area contributed by atoms with Crippen molar-refractivity contribution in [3.63, 3.8) is 0 Å². The van der Waals surface area contributed by atoms with Crippen LogP contribution in [-0.2, 0) is 24.2 Å². The highest BCUT2D eigenvalue weighted by atomic mass is 16.4. The lowest BCUT2D eigenvalue weighted by atomic mass is 9.99. The van der Waals surface area contributed by atoms with Crippen LogP contribution < -0.4 is 0 Å². The molecule has 4 nitrogen and oxygen atoms in total. The third-order valence-corrected chi connectivity index (χ3v) is 3.03. The van der Waals surface area contributed by atoms with Crippen LogP contribution in [0.1, 0.15) is 30.6 Å². The van der Waals surface area contributed by atoms with Gasteiger partial charge in [0, 0.05) is 12.2 Å². The SMILES string of the molecule is Cc1nc(CC(=O)O)n2c1CCC(C)C2.